The maximum Gasteiger partial charge on any atom is 0.222 e. The summed E-state index contributed by atoms with van der Waals surface area (Å²) in [5.74, 6) is 0.282. The second-order valence-electron chi connectivity index (χ2n) is 6.00. The molecule has 1 aliphatic rings. The maximum atomic E-state index is 14.0. The number of aromatic nitrogens is 2. The zero-order chi connectivity index (χ0) is 16.4. The quantitative estimate of drug-likeness (QED) is 0.943. The van der Waals surface area contributed by atoms with Gasteiger partial charge in [0.1, 0.15) is 5.82 Å². The van der Waals surface area contributed by atoms with Crippen LogP contribution in [-0.2, 0) is 4.79 Å². The molecule has 1 aliphatic heterocycles. The fourth-order valence-electron chi connectivity index (χ4n) is 3.13. The Hall–Kier alpha value is -2.21. The third-order valence-electron chi connectivity index (χ3n) is 4.38. The van der Waals surface area contributed by atoms with E-state index in [0.29, 0.717) is 5.82 Å². The van der Waals surface area contributed by atoms with E-state index < -0.39 is 0 Å². The Balaban J connectivity index is 1.67. The summed E-state index contributed by atoms with van der Waals surface area (Å²) in [6.07, 6.45) is 2.84. The first kappa shape index (κ1) is 15.7. The number of nitrogens with one attached hydrogen (secondary N) is 1. The van der Waals surface area contributed by atoms with Crippen molar-refractivity contribution >= 4 is 11.7 Å². The average Bonchev–Trinajstić information content (AvgIpc) is 3.15. The second-order valence-corrected chi connectivity index (χ2v) is 6.00. The number of halogens is 1. The summed E-state index contributed by atoms with van der Waals surface area (Å²) in [6, 6.07) is 9.01. The predicted molar refractivity (Wildman–Crippen MR) is 86.6 cm³/mol. The highest BCUT2D eigenvalue weighted by molar-refractivity contribution is 5.87. The normalized spacial score (nSPS) is 19.7. The van der Waals surface area contributed by atoms with Gasteiger partial charge in [-0.1, -0.05) is 18.2 Å². The van der Waals surface area contributed by atoms with Gasteiger partial charge in [0.2, 0.25) is 5.91 Å². The summed E-state index contributed by atoms with van der Waals surface area (Å²) in [4.78, 5) is 13.3. The molecule has 2 heterocycles. The lowest BCUT2D eigenvalue weighted by atomic mass is 10.1. The van der Waals surface area contributed by atoms with Gasteiger partial charge in [0.05, 0.1) is 6.04 Å². The van der Waals surface area contributed by atoms with Crippen molar-refractivity contribution in [2.24, 2.45) is 0 Å². The molecule has 3 rings (SSSR count). The lowest BCUT2D eigenvalue weighted by Crippen LogP contribution is -2.26. The van der Waals surface area contributed by atoms with E-state index >= 15 is 0 Å². The van der Waals surface area contributed by atoms with Crippen molar-refractivity contribution in [2.75, 3.05) is 18.4 Å². The van der Waals surface area contributed by atoms with Crippen LogP contribution in [0.4, 0.5) is 10.2 Å². The van der Waals surface area contributed by atoms with Gasteiger partial charge in [-0.2, -0.15) is 5.10 Å². The molecule has 1 saturated heterocycles. The molecular formula is C17H21FN4O. The summed E-state index contributed by atoms with van der Waals surface area (Å²) in [5, 5.41) is 7.08. The Morgan fingerprint density at radius 1 is 1.39 bits per heavy atom. The molecule has 2 aromatic rings. The number of amides is 1. The van der Waals surface area contributed by atoms with Crippen molar-refractivity contribution < 1.29 is 9.18 Å². The summed E-state index contributed by atoms with van der Waals surface area (Å²) >= 11 is 0. The Bertz CT molecular complexity index is 699. The molecule has 0 unspecified atom stereocenters. The molecule has 1 amide bonds. The Labute approximate surface area is 135 Å². The molecule has 5 nitrogen and oxygen atoms in total. The van der Waals surface area contributed by atoms with E-state index in [4.69, 9.17) is 0 Å². The van der Waals surface area contributed by atoms with Gasteiger partial charge >= 0.3 is 0 Å². The molecule has 0 bridgehead atoms. The van der Waals surface area contributed by atoms with Gasteiger partial charge in [-0.05, 0) is 19.4 Å². The molecule has 1 N–H and O–H groups in total. The van der Waals surface area contributed by atoms with Crippen molar-refractivity contribution in [3.8, 4) is 0 Å². The molecule has 2 atom stereocenters. The van der Waals surface area contributed by atoms with Crippen LogP contribution in [0.25, 0.3) is 0 Å². The third-order valence-corrected chi connectivity index (χ3v) is 4.38. The fraction of sp³-hybridized carbons (Fsp3) is 0.412. The Kier molecular flexibility index (Phi) is 4.43. The molecular weight excluding hydrogens is 295 g/mol. The van der Waals surface area contributed by atoms with E-state index in [-0.39, 0.29) is 23.8 Å². The topological polar surface area (TPSA) is 50.2 Å². The Morgan fingerprint density at radius 2 is 2.17 bits per heavy atom. The first-order valence-electron chi connectivity index (χ1n) is 7.86. The molecule has 23 heavy (non-hydrogen) atoms. The number of carbonyl (C=O) groups is 1. The van der Waals surface area contributed by atoms with Crippen LogP contribution in [0.5, 0.6) is 0 Å². The smallest absolute Gasteiger partial charge is 0.222 e. The number of rotatable bonds is 4. The highest BCUT2D eigenvalue weighted by atomic mass is 19.1. The van der Waals surface area contributed by atoms with Crippen molar-refractivity contribution in [1.29, 1.82) is 0 Å². The van der Waals surface area contributed by atoms with Crippen LogP contribution in [-0.4, -0.2) is 33.7 Å². The van der Waals surface area contributed by atoms with Gasteiger partial charge in [-0.15, -0.1) is 0 Å². The first-order valence-corrected chi connectivity index (χ1v) is 7.86. The van der Waals surface area contributed by atoms with Gasteiger partial charge < -0.3 is 5.32 Å². The van der Waals surface area contributed by atoms with E-state index in [1.807, 2.05) is 29.9 Å². The number of hydrogen-bond acceptors (Lipinski definition) is 3. The molecule has 1 aromatic heterocycles. The molecule has 122 valence electrons. The minimum absolute atomic E-state index is 0.0339. The number of hydrogen-bond donors (Lipinski definition) is 1. The van der Waals surface area contributed by atoms with Gasteiger partial charge in [-0.25, -0.2) is 4.39 Å². The van der Waals surface area contributed by atoms with Gasteiger partial charge in [0.25, 0.3) is 0 Å². The van der Waals surface area contributed by atoms with Gasteiger partial charge in [0, 0.05) is 43.9 Å². The van der Waals surface area contributed by atoms with Gasteiger partial charge in [-0.3, -0.25) is 14.4 Å². The van der Waals surface area contributed by atoms with Crippen LogP contribution in [0.3, 0.4) is 0 Å². The molecule has 1 aromatic carbocycles. The van der Waals surface area contributed by atoms with Crippen molar-refractivity contribution in [2.45, 2.75) is 32.4 Å². The number of likely N-dealkylation sites (tertiary alicyclic amines) is 1. The van der Waals surface area contributed by atoms with Crippen LogP contribution < -0.4 is 5.32 Å². The maximum absolute atomic E-state index is 14.0. The SMILES string of the molecule is CC(=O)Nc1ccn([C@H]2CCN([C@@H](C)c3ccccc3F)C2)n1. The largest absolute Gasteiger partial charge is 0.309 e. The van der Waals surface area contributed by atoms with Crippen LogP contribution in [0.1, 0.15) is 37.9 Å². The number of benzene rings is 1. The highest BCUT2D eigenvalue weighted by Crippen LogP contribution is 2.30. The summed E-state index contributed by atoms with van der Waals surface area (Å²) in [6.45, 7) is 5.21. The zero-order valence-corrected chi connectivity index (χ0v) is 13.4. The van der Waals surface area contributed by atoms with E-state index in [1.54, 1.807) is 12.1 Å². The van der Waals surface area contributed by atoms with Crippen molar-refractivity contribution in [3.63, 3.8) is 0 Å². The number of nitrogens with zero attached hydrogens (tertiary/aromatic N) is 3. The molecule has 1 fully saturated rings. The minimum atomic E-state index is -0.157. The highest BCUT2D eigenvalue weighted by Gasteiger charge is 2.29. The molecule has 0 spiro atoms. The Morgan fingerprint density at radius 3 is 2.91 bits per heavy atom. The zero-order valence-electron chi connectivity index (χ0n) is 13.4. The van der Waals surface area contributed by atoms with Crippen LogP contribution in [0.15, 0.2) is 36.5 Å². The van der Waals surface area contributed by atoms with E-state index in [1.165, 1.54) is 13.0 Å². The average molecular weight is 316 g/mol. The van der Waals surface area contributed by atoms with Crippen LogP contribution in [0, 0.1) is 5.82 Å². The summed E-state index contributed by atoms with van der Waals surface area (Å²) in [5.41, 5.74) is 0.729. The van der Waals surface area contributed by atoms with Crippen molar-refractivity contribution in [1.82, 2.24) is 14.7 Å². The summed E-state index contributed by atoms with van der Waals surface area (Å²) < 4.78 is 15.8. The predicted octanol–water partition coefficient (Wildman–Crippen LogP) is 2.99. The molecule has 0 aliphatic carbocycles. The molecule has 0 saturated carbocycles. The first-order chi connectivity index (χ1) is 11.0. The van der Waals surface area contributed by atoms with Gasteiger partial charge in [0.15, 0.2) is 5.82 Å². The fourth-order valence-corrected chi connectivity index (χ4v) is 3.13. The lowest BCUT2D eigenvalue weighted by molar-refractivity contribution is -0.114. The van der Waals surface area contributed by atoms with Crippen molar-refractivity contribution in [3.05, 3.63) is 47.9 Å². The second kappa shape index (κ2) is 6.50. The van der Waals surface area contributed by atoms with E-state index in [9.17, 15) is 9.18 Å². The van der Waals surface area contributed by atoms with E-state index in [2.05, 4.69) is 15.3 Å². The standard InChI is InChI=1S/C17H21FN4O/c1-12(15-5-3-4-6-16(15)18)21-9-7-14(11-21)22-10-8-17(20-22)19-13(2)23/h3-6,8,10,12,14H,7,9,11H2,1-2H3,(H,19,20,23)/t12-,14-/m0/s1. The van der Waals surface area contributed by atoms with Crippen LogP contribution >= 0.6 is 0 Å². The minimum Gasteiger partial charge on any atom is -0.309 e. The molecule has 0 radical (unpaired) electrons. The van der Waals surface area contributed by atoms with E-state index in [0.717, 1.165) is 25.1 Å². The monoisotopic (exact) mass is 316 g/mol. The van der Waals surface area contributed by atoms with Crippen LogP contribution in [0.2, 0.25) is 0 Å². The third kappa shape index (κ3) is 3.42. The number of anilines is 1. The lowest BCUT2D eigenvalue weighted by Gasteiger charge is -2.25. The summed E-state index contributed by atoms with van der Waals surface area (Å²) in [7, 11) is 0. The number of carbonyl (C=O) groups excluding carboxylic acids is 1. The molecule has 6 heteroatoms.